The van der Waals surface area contributed by atoms with E-state index in [0.717, 1.165) is 17.7 Å². The Balaban J connectivity index is 1.95. The van der Waals surface area contributed by atoms with Crippen LogP contribution in [0.4, 0.5) is 10.1 Å². The summed E-state index contributed by atoms with van der Waals surface area (Å²) in [6.45, 7) is 2.89. The number of carbonyl (C=O) groups is 1. The summed E-state index contributed by atoms with van der Waals surface area (Å²) in [7, 11) is 0. The second-order valence-electron chi connectivity index (χ2n) is 5.45. The van der Waals surface area contributed by atoms with Crippen LogP contribution in [0.2, 0.25) is 0 Å². The maximum atomic E-state index is 14.3. The molecule has 1 aliphatic carbocycles. The first-order valence-electron chi connectivity index (χ1n) is 7.04. The third-order valence-electron chi connectivity index (χ3n) is 3.97. The van der Waals surface area contributed by atoms with E-state index in [1.165, 1.54) is 18.9 Å². The van der Waals surface area contributed by atoms with Crippen molar-refractivity contribution in [1.82, 2.24) is 5.32 Å². The van der Waals surface area contributed by atoms with Crippen LogP contribution < -0.4 is 10.6 Å². The molecule has 1 fully saturated rings. The van der Waals surface area contributed by atoms with Gasteiger partial charge in [0.05, 0.1) is 0 Å². The smallest absolute Gasteiger partial charge is 0.224 e. The van der Waals surface area contributed by atoms with E-state index in [9.17, 15) is 9.18 Å². The predicted octanol–water partition coefficient (Wildman–Crippen LogP) is 2.77. The number of hydrogen-bond acceptors (Lipinski definition) is 2. The maximum absolute atomic E-state index is 14.3. The van der Waals surface area contributed by atoms with Gasteiger partial charge in [-0.3, -0.25) is 4.79 Å². The Kier molecular flexibility index (Phi) is 3.27. The quantitative estimate of drug-likeness (QED) is 0.876. The fourth-order valence-corrected chi connectivity index (χ4v) is 2.84. The molecule has 0 bridgehead atoms. The molecule has 0 saturated heterocycles. The lowest BCUT2D eigenvalue weighted by Crippen LogP contribution is -2.25. The largest absolute Gasteiger partial charge is 0.326 e. The average Bonchev–Trinajstić information content (AvgIpc) is 3.20. The van der Waals surface area contributed by atoms with Crippen LogP contribution in [0.3, 0.4) is 0 Å². The molecule has 1 unspecified atom stereocenters. The summed E-state index contributed by atoms with van der Waals surface area (Å²) in [5.74, 6) is 0.328. The summed E-state index contributed by atoms with van der Waals surface area (Å²) in [4.78, 5) is 11.3. The van der Waals surface area contributed by atoms with E-state index in [1.54, 1.807) is 0 Å². The van der Waals surface area contributed by atoms with Gasteiger partial charge < -0.3 is 10.6 Å². The first-order valence-corrected chi connectivity index (χ1v) is 7.04. The van der Waals surface area contributed by atoms with Gasteiger partial charge in [-0.05, 0) is 49.4 Å². The molecule has 19 heavy (non-hydrogen) atoms. The van der Waals surface area contributed by atoms with Crippen LogP contribution in [0.5, 0.6) is 0 Å². The zero-order valence-corrected chi connectivity index (χ0v) is 11.1. The summed E-state index contributed by atoms with van der Waals surface area (Å²) < 4.78 is 14.3. The molecule has 102 valence electrons. The number of rotatable bonds is 4. The normalized spacial score (nSPS) is 19.8. The number of halogens is 1. The topological polar surface area (TPSA) is 41.1 Å². The van der Waals surface area contributed by atoms with Gasteiger partial charge in [-0.2, -0.15) is 0 Å². The highest BCUT2D eigenvalue weighted by Crippen LogP contribution is 2.42. The number of aryl methyl sites for hydroxylation is 1. The van der Waals surface area contributed by atoms with Gasteiger partial charge in [0.15, 0.2) is 0 Å². The number of amides is 1. The molecule has 1 aromatic rings. The molecule has 1 aromatic carbocycles. The first-order chi connectivity index (χ1) is 9.19. The molecule has 0 spiro atoms. The number of benzene rings is 1. The average molecular weight is 262 g/mol. The molecule has 4 heteroatoms. The van der Waals surface area contributed by atoms with Crippen LogP contribution in [0, 0.1) is 11.7 Å². The van der Waals surface area contributed by atoms with Crippen LogP contribution in [-0.4, -0.2) is 12.5 Å². The Hall–Kier alpha value is -1.42. The summed E-state index contributed by atoms with van der Waals surface area (Å²) in [6, 6.07) is 3.54. The minimum Gasteiger partial charge on any atom is -0.326 e. The molecule has 0 aromatic heterocycles. The second kappa shape index (κ2) is 4.93. The SMILES string of the molecule is CCNC(c1cc2c(cc1F)NC(=O)CC2)C1CC1. The zero-order valence-electron chi connectivity index (χ0n) is 11.1. The fourth-order valence-electron chi connectivity index (χ4n) is 2.84. The monoisotopic (exact) mass is 262 g/mol. The summed E-state index contributed by atoms with van der Waals surface area (Å²) in [6.07, 6.45) is 3.54. The van der Waals surface area contributed by atoms with Crippen molar-refractivity contribution < 1.29 is 9.18 Å². The molecular formula is C15H19FN2O. The van der Waals surface area contributed by atoms with E-state index < -0.39 is 0 Å². The van der Waals surface area contributed by atoms with E-state index in [-0.39, 0.29) is 17.8 Å². The van der Waals surface area contributed by atoms with Crippen molar-refractivity contribution in [2.24, 2.45) is 5.92 Å². The Morgan fingerprint density at radius 3 is 2.89 bits per heavy atom. The van der Waals surface area contributed by atoms with E-state index in [2.05, 4.69) is 10.6 Å². The highest BCUT2D eigenvalue weighted by Gasteiger charge is 2.34. The van der Waals surface area contributed by atoms with Crippen molar-refractivity contribution in [2.45, 2.75) is 38.6 Å². The van der Waals surface area contributed by atoms with Gasteiger partial charge in [-0.1, -0.05) is 6.92 Å². The third-order valence-corrected chi connectivity index (χ3v) is 3.97. The highest BCUT2D eigenvalue weighted by atomic mass is 19.1. The Bertz CT molecular complexity index is 511. The molecular weight excluding hydrogens is 243 g/mol. The van der Waals surface area contributed by atoms with Crippen molar-refractivity contribution >= 4 is 11.6 Å². The third kappa shape index (κ3) is 2.50. The van der Waals surface area contributed by atoms with E-state index >= 15 is 0 Å². The molecule has 0 radical (unpaired) electrons. The van der Waals surface area contributed by atoms with Crippen molar-refractivity contribution in [1.29, 1.82) is 0 Å². The number of fused-ring (bicyclic) bond motifs is 1. The number of nitrogens with one attached hydrogen (secondary N) is 2. The Morgan fingerprint density at radius 2 is 2.21 bits per heavy atom. The number of hydrogen-bond donors (Lipinski definition) is 2. The van der Waals surface area contributed by atoms with Crippen molar-refractivity contribution in [2.75, 3.05) is 11.9 Å². The minimum atomic E-state index is -0.209. The van der Waals surface area contributed by atoms with Gasteiger partial charge in [-0.15, -0.1) is 0 Å². The molecule has 1 saturated carbocycles. The first kappa shape index (κ1) is 12.6. The molecule has 2 N–H and O–H groups in total. The van der Waals surface area contributed by atoms with Gasteiger partial charge >= 0.3 is 0 Å². The highest BCUT2D eigenvalue weighted by molar-refractivity contribution is 5.93. The maximum Gasteiger partial charge on any atom is 0.224 e. The minimum absolute atomic E-state index is 0.0231. The number of anilines is 1. The van der Waals surface area contributed by atoms with E-state index in [1.807, 2.05) is 13.0 Å². The lowest BCUT2D eigenvalue weighted by atomic mass is 9.94. The van der Waals surface area contributed by atoms with Gasteiger partial charge in [0.25, 0.3) is 0 Å². The van der Waals surface area contributed by atoms with Gasteiger partial charge in [-0.25, -0.2) is 4.39 Å². The van der Waals surface area contributed by atoms with Crippen LogP contribution in [0.15, 0.2) is 12.1 Å². The lowest BCUT2D eigenvalue weighted by molar-refractivity contribution is -0.116. The van der Waals surface area contributed by atoms with Crippen LogP contribution in [0.1, 0.15) is 43.4 Å². The summed E-state index contributed by atoms with van der Waals surface area (Å²) >= 11 is 0. The molecule has 1 atom stereocenters. The Labute approximate surface area is 112 Å². The van der Waals surface area contributed by atoms with Crippen molar-refractivity contribution in [3.8, 4) is 0 Å². The van der Waals surface area contributed by atoms with E-state index in [4.69, 9.17) is 0 Å². The summed E-state index contributed by atoms with van der Waals surface area (Å²) in [5.41, 5.74) is 2.46. The molecule has 3 rings (SSSR count). The molecule has 1 amide bonds. The van der Waals surface area contributed by atoms with Crippen molar-refractivity contribution in [3.63, 3.8) is 0 Å². The fraction of sp³-hybridized carbons (Fsp3) is 0.533. The van der Waals surface area contributed by atoms with Gasteiger partial charge in [0, 0.05) is 23.7 Å². The van der Waals surface area contributed by atoms with Gasteiger partial charge in [0.2, 0.25) is 5.91 Å². The molecule has 3 nitrogen and oxygen atoms in total. The van der Waals surface area contributed by atoms with Gasteiger partial charge in [0.1, 0.15) is 5.82 Å². The standard InChI is InChI=1S/C15H19FN2O/c1-2-17-15(9-3-4-9)11-7-10-5-6-14(19)18-13(10)8-12(11)16/h7-9,15,17H,2-6H2,1H3,(H,18,19). The molecule has 2 aliphatic rings. The van der Waals surface area contributed by atoms with E-state index in [0.29, 0.717) is 24.4 Å². The molecule has 1 heterocycles. The number of carbonyl (C=O) groups excluding carboxylic acids is 1. The van der Waals surface area contributed by atoms with Crippen LogP contribution in [-0.2, 0) is 11.2 Å². The lowest BCUT2D eigenvalue weighted by Gasteiger charge is -2.23. The van der Waals surface area contributed by atoms with Crippen LogP contribution in [0.25, 0.3) is 0 Å². The molecule has 1 aliphatic heterocycles. The van der Waals surface area contributed by atoms with Crippen LogP contribution >= 0.6 is 0 Å². The zero-order chi connectivity index (χ0) is 13.4. The summed E-state index contributed by atoms with van der Waals surface area (Å²) in [5, 5.41) is 6.13. The van der Waals surface area contributed by atoms with Crippen molar-refractivity contribution in [3.05, 3.63) is 29.1 Å². The Morgan fingerprint density at radius 1 is 1.42 bits per heavy atom. The predicted molar refractivity (Wildman–Crippen MR) is 72.5 cm³/mol. The second-order valence-corrected chi connectivity index (χ2v) is 5.45.